The number of fused-ring (bicyclic) bond motifs is 1. The maximum absolute atomic E-state index is 4.96. The molecule has 0 radical (unpaired) electrons. The highest BCUT2D eigenvalue weighted by Gasteiger charge is 2.02. The second-order valence-corrected chi connectivity index (χ2v) is 4.14. The van der Waals surface area contributed by atoms with Gasteiger partial charge in [0.25, 0.3) is 0 Å². The van der Waals surface area contributed by atoms with E-state index in [-0.39, 0.29) is 0 Å². The maximum Gasteiger partial charge on any atom is 0.0924 e. The highest BCUT2D eigenvalue weighted by atomic mass is 16.5. The third kappa shape index (κ3) is 3.53. The predicted molar refractivity (Wildman–Crippen MR) is 72.5 cm³/mol. The molecule has 0 amide bonds. The Labute approximate surface area is 107 Å². The number of hydrogen-bond donors (Lipinski definition) is 3. The van der Waals surface area contributed by atoms with Crippen LogP contribution in [0.2, 0.25) is 0 Å². The number of aromatic nitrogens is 2. The Hall–Kier alpha value is -1.43. The van der Waals surface area contributed by atoms with E-state index in [1.165, 1.54) is 5.39 Å². The molecule has 0 fully saturated rings. The van der Waals surface area contributed by atoms with Crippen LogP contribution in [0.4, 0.5) is 0 Å². The van der Waals surface area contributed by atoms with Crippen LogP contribution in [0.15, 0.2) is 24.3 Å². The van der Waals surface area contributed by atoms with E-state index in [1.807, 2.05) is 18.2 Å². The number of methoxy groups -OCH3 is 1. The summed E-state index contributed by atoms with van der Waals surface area (Å²) in [6.45, 7) is 4.33. The highest BCUT2D eigenvalue weighted by Crippen LogP contribution is 2.14. The topological polar surface area (TPSA) is 62.0 Å². The first-order chi connectivity index (χ1) is 8.92. The average molecular weight is 248 g/mol. The monoisotopic (exact) mass is 248 g/mol. The number of nitrogens with one attached hydrogen (secondary N) is 3. The lowest BCUT2D eigenvalue weighted by molar-refractivity contribution is 0.199. The summed E-state index contributed by atoms with van der Waals surface area (Å²) < 4.78 is 4.96. The third-order valence-corrected chi connectivity index (χ3v) is 2.80. The first kappa shape index (κ1) is 13.0. The van der Waals surface area contributed by atoms with Crippen molar-refractivity contribution >= 4 is 10.9 Å². The zero-order valence-electron chi connectivity index (χ0n) is 10.7. The van der Waals surface area contributed by atoms with Crippen LogP contribution >= 0.6 is 0 Å². The van der Waals surface area contributed by atoms with Crippen LogP contribution in [0, 0.1) is 0 Å². The van der Waals surface area contributed by atoms with E-state index < -0.39 is 0 Å². The minimum absolute atomic E-state index is 0.755. The predicted octanol–water partition coefficient (Wildman–Crippen LogP) is 0.889. The summed E-state index contributed by atoms with van der Waals surface area (Å²) in [5, 5.41) is 15.2. The van der Waals surface area contributed by atoms with Gasteiger partial charge in [0.05, 0.1) is 17.8 Å². The van der Waals surface area contributed by atoms with Crippen LogP contribution < -0.4 is 10.6 Å². The molecular weight excluding hydrogens is 228 g/mol. The molecule has 0 atom stereocenters. The molecule has 2 rings (SSSR count). The summed E-state index contributed by atoms with van der Waals surface area (Å²) in [5.41, 5.74) is 2.16. The number of ether oxygens (including phenoxy) is 1. The molecule has 3 N–H and O–H groups in total. The van der Waals surface area contributed by atoms with E-state index in [2.05, 4.69) is 26.9 Å². The maximum atomic E-state index is 4.96. The van der Waals surface area contributed by atoms with Gasteiger partial charge in [0.2, 0.25) is 0 Å². The third-order valence-electron chi connectivity index (χ3n) is 2.80. The van der Waals surface area contributed by atoms with Crippen molar-refractivity contribution in [1.82, 2.24) is 20.8 Å². The Morgan fingerprint density at radius 2 is 2.00 bits per heavy atom. The molecular formula is C13H20N4O. The molecule has 5 heteroatoms. The summed E-state index contributed by atoms with van der Waals surface area (Å²) in [6.07, 6.45) is 0. The van der Waals surface area contributed by atoms with Crippen molar-refractivity contribution in [2.75, 3.05) is 33.4 Å². The van der Waals surface area contributed by atoms with Crippen molar-refractivity contribution in [2.24, 2.45) is 0 Å². The number of hydrogen-bond acceptors (Lipinski definition) is 4. The van der Waals surface area contributed by atoms with Crippen LogP contribution in [0.3, 0.4) is 0 Å². The second-order valence-electron chi connectivity index (χ2n) is 4.14. The van der Waals surface area contributed by atoms with Crippen molar-refractivity contribution in [2.45, 2.75) is 6.54 Å². The Morgan fingerprint density at radius 3 is 2.89 bits per heavy atom. The molecule has 2 aromatic rings. The van der Waals surface area contributed by atoms with E-state index in [0.29, 0.717) is 0 Å². The summed E-state index contributed by atoms with van der Waals surface area (Å²) in [7, 11) is 1.71. The van der Waals surface area contributed by atoms with E-state index in [9.17, 15) is 0 Å². The number of aromatic amines is 1. The van der Waals surface area contributed by atoms with Gasteiger partial charge in [-0.2, -0.15) is 5.10 Å². The molecule has 0 saturated carbocycles. The Kier molecular flexibility index (Phi) is 5.14. The van der Waals surface area contributed by atoms with Crippen LogP contribution in [0.1, 0.15) is 5.69 Å². The summed E-state index contributed by atoms with van der Waals surface area (Å²) in [5.74, 6) is 0. The van der Waals surface area contributed by atoms with Crippen molar-refractivity contribution in [3.05, 3.63) is 30.0 Å². The van der Waals surface area contributed by atoms with Crippen LogP contribution in [-0.2, 0) is 11.3 Å². The van der Waals surface area contributed by atoms with E-state index >= 15 is 0 Å². The molecule has 5 nitrogen and oxygen atoms in total. The van der Waals surface area contributed by atoms with Crippen LogP contribution in [0.25, 0.3) is 10.9 Å². The van der Waals surface area contributed by atoms with Gasteiger partial charge in [-0.15, -0.1) is 0 Å². The molecule has 0 aliphatic carbocycles. The smallest absolute Gasteiger partial charge is 0.0924 e. The van der Waals surface area contributed by atoms with Crippen molar-refractivity contribution < 1.29 is 4.74 Å². The van der Waals surface area contributed by atoms with Crippen molar-refractivity contribution in [3.8, 4) is 0 Å². The van der Waals surface area contributed by atoms with Gasteiger partial charge in [-0.1, -0.05) is 18.2 Å². The lowest BCUT2D eigenvalue weighted by Crippen LogP contribution is -2.29. The molecule has 1 aromatic heterocycles. The van der Waals surface area contributed by atoms with E-state index in [4.69, 9.17) is 4.74 Å². The molecule has 0 saturated heterocycles. The fourth-order valence-corrected chi connectivity index (χ4v) is 1.84. The zero-order chi connectivity index (χ0) is 12.6. The number of rotatable bonds is 8. The summed E-state index contributed by atoms with van der Waals surface area (Å²) >= 11 is 0. The van der Waals surface area contributed by atoms with Gasteiger partial charge in [-0.05, 0) is 6.07 Å². The molecule has 0 bridgehead atoms. The standard InChI is InChI=1S/C13H20N4O/c1-18-9-8-14-6-7-15-10-13-11-4-2-3-5-12(11)16-17-13/h2-5,14-15H,6-10H2,1H3,(H,16,17). The first-order valence-electron chi connectivity index (χ1n) is 6.24. The Morgan fingerprint density at radius 1 is 1.17 bits per heavy atom. The quantitative estimate of drug-likeness (QED) is 0.607. The van der Waals surface area contributed by atoms with E-state index in [1.54, 1.807) is 7.11 Å². The first-order valence-corrected chi connectivity index (χ1v) is 6.24. The molecule has 18 heavy (non-hydrogen) atoms. The number of para-hydroxylation sites is 1. The fraction of sp³-hybridized carbons (Fsp3) is 0.462. The molecule has 0 spiro atoms. The van der Waals surface area contributed by atoms with Gasteiger partial charge in [0.1, 0.15) is 0 Å². The summed E-state index contributed by atoms with van der Waals surface area (Å²) in [6, 6.07) is 8.14. The fourth-order valence-electron chi connectivity index (χ4n) is 1.84. The van der Waals surface area contributed by atoms with Crippen molar-refractivity contribution in [1.29, 1.82) is 0 Å². The second kappa shape index (κ2) is 7.10. The molecule has 98 valence electrons. The molecule has 0 aliphatic rings. The van der Waals surface area contributed by atoms with E-state index in [0.717, 1.165) is 44.0 Å². The number of benzene rings is 1. The Balaban J connectivity index is 1.70. The molecule has 1 aromatic carbocycles. The Bertz CT molecular complexity index is 469. The van der Waals surface area contributed by atoms with Crippen LogP contribution in [-0.4, -0.2) is 43.5 Å². The lowest BCUT2D eigenvalue weighted by atomic mass is 10.2. The lowest BCUT2D eigenvalue weighted by Gasteiger charge is -2.05. The van der Waals surface area contributed by atoms with Gasteiger partial charge < -0.3 is 15.4 Å². The SMILES string of the molecule is COCCNCCNCc1[nH]nc2ccccc12. The normalized spacial score (nSPS) is 11.2. The van der Waals surface area contributed by atoms with Crippen molar-refractivity contribution in [3.63, 3.8) is 0 Å². The zero-order valence-corrected chi connectivity index (χ0v) is 10.7. The summed E-state index contributed by atoms with van der Waals surface area (Å²) in [4.78, 5) is 0. The molecule has 0 aliphatic heterocycles. The van der Waals surface area contributed by atoms with Gasteiger partial charge in [0, 0.05) is 38.7 Å². The largest absolute Gasteiger partial charge is 0.383 e. The molecule has 1 heterocycles. The number of nitrogens with zero attached hydrogens (tertiary/aromatic N) is 1. The van der Waals surface area contributed by atoms with Gasteiger partial charge >= 0.3 is 0 Å². The van der Waals surface area contributed by atoms with Gasteiger partial charge in [-0.3, -0.25) is 5.10 Å². The van der Waals surface area contributed by atoms with Gasteiger partial charge in [-0.25, -0.2) is 0 Å². The molecule has 0 unspecified atom stereocenters. The average Bonchev–Trinajstić information content (AvgIpc) is 2.81. The van der Waals surface area contributed by atoms with Crippen LogP contribution in [0.5, 0.6) is 0 Å². The minimum atomic E-state index is 0.755. The minimum Gasteiger partial charge on any atom is -0.383 e. The highest BCUT2D eigenvalue weighted by molar-refractivity contribution is 5.80. The number of H-pyrrole nitrogens is 1. The van der Waals surface area contributed by atoms with Gasteiger partial charge in [0.15, 0.2) is 0 Å².